The van der Waals surface area contributed by atoms with E-state index in [0.717, 1.165) is 18.2 Å². The van der Waals surface area contributed by atoms with Crippen LogP contribution in [-0.4, -0.2) is 27.9 Å². The number of anilines is 2. The number of hydrogen-bond acceptors (Lipinski definition) is 6. The molecule has 7 nitrogen and oxygen atoms in total. The van der Waals surface area contributed by atoms with Crippen molar-refractivity contribution in [2.24, 2.45) is 0 Å². The number of ether oxygens (including phenoxy) is 1. The molecule has 1 heterocycles. The van der Waals surface area contributed by atoms with Gasteiger partial charge in [0.2, 0.25) is 0 Å². The summed E-state index contributed by atoms with van der Waals surface area (Å²) < 4.78 is 42.9. The smallest absolute Gasteiger partial charge is 0.416 e. The van der Waals surface area contributed by atoms with E-state index in [1.54, 1.807) is 0 Å². The molecule has 0 bridgehead atoms. The second-order valence-electron chi connectivity index (χ2n) is 4.91. The lowest BCUT2D eigenvalue weighted by atomic mass is 10.2. The molecule has 0 saturated carbocycles. The van der Waals surface area contributed by atoms with Crippen molar-refractivity contribution in [3.63, 3.8) is 0 Å². The van der Waals surface area contributed by atoms with Crippen LogP contribution in [0, 0.1) is 0 Å². The van der Waals surface area contributed by atoms with Gasteiger partial charge in [0.1, 0.15) is 0 Å². The van der Waals surface area contributed by atoms with E-state index in [9.17, 15) is 22.8 Å². The molecule has 3 N–H and O–H groups in total. The highest BCUT2D eigenvalue weighted by Crippen LogP contribution is 2.30. The van der Waals surface area contributed by atoms with Gasteiger partial charge in [-0.1, -0.05) is 6.07 Å². The molecule has 0 saturated heterocycles. The molecule has 1 atom stereocenters. The number of aromatic nitrogens is 2. The van der Waals surface area contributed by atoms with E-state index in [0.29, 0.717) is 0 Å². The summed E-state index contributed by atoms with van der Waals surface area (Å²) >= 11 is 0. The molecule has 2 aromatic rings. The molecule has 1 aromatic heterocycles. The zero-order chi connectivity index (χ0) is 18.6. The van der Waals surface area contributed by atoms with Crippen molar-refractivity contribution in [3.8, 4) is 0 Å². The number of nitrogens with one attached hydrogen (secondary N) is 1. The number of nitrogens with two attached hydrogens (primary N) is 1. The second-order valence-corrected chi connectivity index (χ2v) is 4.91. The maximum Gasteiger partial charge on any atom is 0.416 e. The summed E-state index contributed by atoms with van der Waals surface area (Å²) in [6.45, 7) is 1.26. The molecule has 0 aliphatic rings. The average molecular weight is 354 g/mol. The Labute approximate surface area is 140 Å². The first kappa shape index (κ1) is 18.2. The van der Waals surface area contributed by atoms with E-state index >= 15 is 0 Å². The summed E-state index contributed by atoms with van der Waals surface area (Å²) in [6, 6.07) is 4.07. The monoisotopic (exact) mass is 354 g/mol. The third-order valence-corrected chi connectivity index (χ3v) is 3.03. The topological polar surface area (TPSA) is 107 Å². The maximum absolute atomic E-state index is 12.7. The number of rotatable bonds is 4. The number of amides is 1. The number of nitrogens with zero attached hydrogens (tertiary/aromatic N) is 2. The number of nitrogen functional groups attached to an aromatic ring is 1. The van der Waals surface area contributed by atoms with Crippen LogP contribution in [0.5, 0.6) is 0 Å². The van der Waals surface area contributed by atoms with Crippen LogP contribution in [0.15, 0.2) is 36.7 Å². The van der Waals surface area contributed by atoms with Gasteiger partial charge in [-0.25, -0.2) is 14.8 Å². The van der Waals surface area contributed by atoms with Gasteiger partial charge in [0, 0.05) is 18.1 Å². The lowest BCUT2D eigenvalue weighted by Crippen LogP contribution is -2.30. The van der Waals surface area contributed by atoms with Crippen molar-refractivity contribution in [2.75, 3.05) is 11.1 Å². The number of carbonyl (C=O) groups excluding carboxylic acids is 2. The molecule has 0 spiro atoms. The molecule has 1 amide bonds. The Hall–Kier alpha value is -3.17. The number of benzene rings is 1. The van der Waals surface area contributed by atoms with E-state index in [1.165, 1.54) is 25.4 Å². The Morgan fingerprint density at radius 1 is 1.24 bits per heavy atom. The highest BCUT2D eigenvalue weighted by atomic mass is 19.4. The fraction of sp³-hybridized carbons (Fsp3) is 0.200. The number of carbonyl (C=O) groups is 2. The summed E-state index contributed by atoms with van der Waals surface area (Å²) in [5.74, 6) is -1.95. The third kappa shape index (κ3) is 4.66. The molecule has 25 heavy (non-hydrogen) atoms. The van der Waals surface area contributed by atoms with Gasteiger partial charge >= 0.3 is 12.1 Å². The second kappa shape index (κ2) is 7.16. The normalized spacial score (nSPS) is 12.3. The molecule has 0 aliphatic heterocycles. The number of hydrogen-bond donors (Lipinski definition) is 2. The molecule has 10 heteroatoms. The number of alkyl halides is 3. The van der Waals surface area contributed by atoms with Crippen molar-refractivity contribution in [1.82, 2.24) is 9.97 Å². The van der Waals surface area contributed by atoms with Crippen LogP contribution in [0.1, 0.15) is 23.0 Å². The van der Waals surface area contributed by atoms with E-state index in [-0.39, 0.29) is 17.2 Å². The van der Waals surface area contributed by atoms with Gasteiger partial charge in [0.15, 0.2) is 17.6 Å². The summed E-state index contributed by atoms with van der Waals surface area (Å²) in [5, 5.41) is 2.24. The minimum Gasteiger partial charge on any atom is -0.448 e. The van der Waals surface area contributed by atoms with Crippen molar-refractivity contribution < 1.29 is 27.5 Å². The predicted octanol–water partition coefficient (Wildman–Crippen LogP) is 2.26. The predicted molar refractivity (Wildman–Crippen MR) is 81.4 cm³/mol. The first-order chi connectivity index (χ1) is 11.7. The van der Waals surface area contributed by atoms with Gasteiger partial charge in [-0.2, -0.15) is 13.2 Å². The minimum atomic E-state index is -4.54. The van der Waals surface area contributed by atoms with Crippen molar-refractivity contribution in [1.29, 1.82) is 0 Å². The number of esters is 1. The first-order valence-corrected chi connectivity index (χ1v) is 6.94. The molecule has 2 rings (SSSR count). The molecule has 0 fully saturated rings. The highest BCUT2D eigenvalue weighted by Gasteiger charge is 2.30. The zero-order valence-corrected chi connectivity index (χ0v) is 12.9. The van der Waals surface area contributed by atoms with Crippen molar-refractivity contribution in [3.05, 3.63) is 47.9 Å². The molecule has 0 radical (unpaired) electrons. The SMILES string of the molecule is CC(OC(=O)c1nccnc1N)C(=O)Nc1cccc(C(F)(F)F)c1. The Bertz CT molecular complexity index is 796. The summed E-state index contributed by atoms with van der Waals surface area (Å²) in [5.41, 5.74) is 4.21. The van der Waals surface area contributed by atoms with Gasteiger partial charge < -0.3 is 15.8 Å². The van der Waals surface area contributed by atoms with E-state index < -0.39 is 29.7 Å². The molecular formula is C15H13F3N4O3. The molecule has 1 aromatic carbocycles. The largest absolute Gasteiger partial charge is 0.448 e. The van der Waals surface area contributed by atoms with Crippen molar-refractivity contribution >= 4 is 23.4 Å². The Kier molecular flexibility index (Phi) is 5.20. The average Bonchev–Trinajstić information content (AvgIpc) is 2.54. The third-order valence-electron chi connectivity index (χ3n) is 3.03. The Morgan fingerprint density at radius 3 is 2.56 bits per heavy atom. The lowest BCUT2D eigenvalue weighted by Gasteiger charge is -2.14. The van der Waals surface area contributed by atoms with Crippen LogP contribution in [0.3, 0.4) is 0 Å². The van der Waals surface area contributed by atoms with E-state index in [4.69, 9.17) is 10.5 Å². The van der Waals surface area contributed by atoms with Gasteiger partial charge in [-0.15, -0.1) is 0 Å². The van der Waals surface area contributed by atoms with Crippen LogP contribution in [0.2, 0.25) is 0 Å². The number of halogens is 3. The maximum atomic E-state index is 12.7. The quantitative estimate of drug-likeness (QED) is 0.816. The van der Waals surface area contributed by atoms with Crippen LogP contribution in [-0.2, 0) is 15.7 Å². The zero-order valence-electron chi connectivity index (χ0n) is 12.9. The fourth-order valence-electron chi connectivity index (χ4n) is 1.79. The lowest BCUT2D eigenvalue weighted by molar-refractivity contribution is -0.137. The van der Waals surface area contributed by atoms with Gasteiger partial charge in [0.05, 0.1) is 5.56 Å². The summed E-state index contributed by atoms with van der Waals surface area (Å²) in [6.07, 6.45) is -3.33. The fourth-order valence-corrected chi connectivity index (χ4v) is 1.79. The molecule has 132 valence electrons. The first-order valence-electron chi connectivity index (χ1n) is 6.94. The Morgan fingerprint density at radius 2 is 1.92 bits per heavy atom. The summed E-state index contributed by atoms with van der Waals surface area (Å²) in [4.78, 5) is 31.2. The van der Waals surface area contributed by atoms with Crippen LogP contribution < -0.4 is 11.1 Å². The van der Waals surface area contributed by atoms with Gasteiger partial charge in [-0.3, -0.25) is 4.79 Å². The van der Waals surface area contributed by atoms with Crippen molar-refractivity contribution in [2.45, 2.75) is 19.2 Å². The van der Waals surface area contributed by atoms with Crippen LogP contribution in [0.4, 0.5) is 24.7 Å². The minimum absolute atomic E-state index is 0.0817. The Balaban J connectivity index is 2.04. The van der Waals surface area contributed by atoms with E-state index in [2.05, 4.69) is 15.3 Å². The van der Waals surface area contributed by atoms with Gasteiger partial charge in [0.25, 0.3) is 5.91 Å². The molecular weight excluding hydrogens is 341 g/mol. The summed E-state index contributed by atoms with van der Waals surface area (Å²) in [7, 11) is 0. The van der Waals surface area contributed by atoms with Crippen LogP contribution in [0.25, 0.3) is 0 Å². The molecule has 1 unspecified atom stereocenters. The van der Waals surface area contributed by atoms with E-state index in [1.807, 2.05) is 0 Å². The molecule has 0 aliphatic carbocycles. The van der Waals surface area contributed by atoms with Crippen LogP contribution >= 0.6 is 0 Å². The van der Waals surface area contributed by atoms with Gasteiger partial charge in [-0.05, 0) is 25.1 Å². The highest BCUT2D eigenvalue weighted by molar-refractivity contribution is 5.98. The standard InChI is InChI=1S/C15H13F3N4O3/c1-8(25-14(24)11-12(19)21-6-5-20-11)13(23)22-10-4-2-3-9(7-10)15(16,17)18/h2-8H,1H3,(H2,19,21)(H,22,23).